The highest BCUT2D eigenvalue weighted by Gasteiger charge is 2.43. The average Bonchev–Trinajstić information content (AvgIpc) is 2.09. The number of rotatable bonds is 0. The van der Waals surface area contributed by atoms with E-state index in [0.29, 0.717) is 0 Å². The number of hydrogen-bond acceptors (Lipinski definition) is 2. The van der Waals surface area contributed by atoms with Crippen molar-refractivity contribution in [3.05, 3.63) is 0 Å². The molecule has 0 aromatic heterocycles. The third-order valence-electron chi connectivity index (χ3n) is 2.29. The first kappa shape index (κ1) is 5.69. The van der Waals surface area contributed by atoms with Gasteiger partial charge in [0.1, 0.15) is 0 Å². The number of nitrogens with one attached hydrogen (secondary N) is 1. The molecule has 1 atom stereocenters. The van der Waals surface area contributed by atoms with Gasteiger partial charge in [-0.3, -0.25) is 0 Å². The fourth-order valence-electron chi connectivity index (χ4n) is 1.72. The summed E-state index contributed by atoms with van der Waals surface area (Å²) in [6.07, 6.45) is 1.26. The van der Waals surface area contributed by atoms with Gasteiger partial charge in [0, 0.05) is 13.1 Å². The van der Waals surface area contributed by atoms with E-state index in [1.807, 2.05) is 0 Å². The summed E-state index contributed by atoms with van der Waals surface area (Å²) in [5.41, 5.74) is 0.277. The van der Waals surface area contributed by atoms with Gasteiger partial charge in [-0.15, -0.1) is 0 Å². The minimum Gasteiger partial charge on any atom is -0.372 e. The Morgan fingerprint density at radius 3 is 2.56 bits per heavy atom. The Hall–Kier alpha value is -0.0800. The fourth-order valence-corrected chi connectivity index (χ4v) is 1.72. The summed E-state index contributed by atoms with van der Waals surface area (Å²) in [5.74, 6) is 0.784. The van der Waals surface area contributed by atoms with E-state index in [1.165, 1.54) is 6.42 Å². The molecule has 1 N–H and O–H groups in total. The monoisotopic (exact) mass is 127 g/mol. The van der Waals surface area contributed by atoms with Crippen molar-refractivity contribution in [2.45, 2.75) is 18.9 Å². The standard InChI is InChI=1S/C7H13NO/c1-6-2-7(9-3-6)4-8-5-7/h6,8H,2-5H2,1H3/t6-/m0/s1. The van der Waals surface area contributed by atoms with Crippen LogP contribution in [0.4, 0.5) is 0 Å². The smallest absolute Gasteiger partial charge is 0.0933 e. The molecule has 0 aromatic carbocycles. The van der Waals surface area contributed by atoms with E-state index in [-0.39, 0.29) is 5.60 Å². The van der Waals surface area contributed by atoms with Gasteiger partial charge in [0.2, 0.25) is 0 Å². The van der Waals surface area contributed by atoms with Crippen LogP contribution in [0.25, 0.3) is 0 Å². The first-order valence-electron chi connectivity index (χ1n) is 3.65. The van der Waals surface area contributed by atoms with E-state index in [1.54, 1.807) is 0 Å². The second-order valence-electron chi connectivity index (χ2n) is 3.41. The Balaban J connectivity index is 1.99. The topological polar surface area (TPSA) is 21.3 Å². The highest BCUT2D eigenvalue weighted by Crippen LogP contribution is 2.32. The zero-order chi connectivity index (χ0) is 6.32. The quantitative estimate of drug-likeness (QED) is 0.508. The summed E-state index contributed by atoms with van der Waals surface area (Å²) in [7, 11) is 0. The molecule has 1 spiro atoms. The predicted octanol–water partition coefficient (Wildman–Crippen LogP) is 0.385. The molecule has 2 nitrogen and oxygen atoms in total. The SMILES string of the molecule is C[C@@H]1COC2(CNC2)C1. The number of hydrogen-bond donors (Lipinski definition) is 1. The maximum absolute atomic E-state index is 5.63. The van der Waals surface area contributed by atoms with E-state index in [9.17, 15) is 0 Å². The minimum atomic E-state index is 0.277. The van der Waals surface area contributed by atoms with Crippen molar-refractivity contribution < 1.29 is 4.74 Å². The summed E-state index contributed by atoms with van der Waals surface area (Å²) in [5, 5.41) is 3.24. The van der Waals surface area contributed by atoms with Crippen molar-refractivity contribution in [1.82, 2.24) is 5.32 Å². The van der Waals surface area contributed by atoms with Crippen molar-refractivity contribution in [1.29, 1.82) is 0 Å². The Labute approximate surface area is 55.6 Å². The van der Waals surface area contributed by atoms with Crippen LogP contribution in [0.3, 0.4) is 0 Å². The van der Waals surface area contributed by atoms with Gasteiger partial charge in [-0.25, -0.2) is 0 Å². The highest BCUT2D eigenvalue weighted by atomic mass is 16.5. The van der Waals surface area contributed by atoms with Crippen LogP contribution in [0.15, 0.2) is 0 Å². The molecule has 2 aliphatic heterocycles. The second kappa shape index (κ2) is 1.70. The Kier molecular flexibility index (Phi) is 1.08. The third kappa shape index (κ3) is 0.775. The van der Waals surface area contributed by atoms with Crippen LogP contribution < -0.4 is 5.32 Å². The molecule has 0 bridgehead atoms. The lowest BCUT2D eigenvalue weighted by molar-refractivity contribution is -0.0362. The molecule has 0 aromatic rings. The van der Waals surface area contributed by atoms with Gasteiger partial charge in [0.05, 0.1) is 12.2 Å². The van der Waals surface area contributed by atoms with Crippen LogP contribution in [0.2, 0.25) is 0 Å². The molecule has 2 saturated heterocycles. The van der Waals surface area contributed by atoms with Crippen LogP contribution in [0.5, 0.6) is 0 Å². The predicted molar refractivity (Wildman–Crippen MR) is 35.3 cm³/mol. The van der Waals surface area contributed by atoms with Gasteiger partial charge in [-0.2, -0.15) is 0 Å². The molecular formula is C7H13NO. The average molecular weight is 127 g/mol. The molecule has 2 fully saturated rings. The lowest BCUT2D eigenvalue weighted by atomic mass is 9.90. The van der Waals surface area contributed by atoms with Crippen LogP contribution in [0, 0.1) is 5.92 Å². The Morgan fingerprint density at radius 1 is 1.56 bits per heavy atom. The molecule has 0 radical (unpaired) electrons. The molecular weight excluding hydrogens is 114 g/mol. The van der Waals surface area contributed by atoms with Crippen LogP contribution in [-0.2, 0) is 4.74 Å². The van der Waals surface area contributed by atoms with Gasteiger partial charge < -0.3 is 10.1 Å². The zero-order valence-corrected chi connectivity index (χ0v) is 5.81. The summed E-state index contributed by atoms with van der Waals surface area (Å²) in [6.45, 7) is 5.39. The molecule has 0 aliphatic carbocycles. The number of ether oxygens (including phenoxy) is 1. The summed E-state index contributed by atoms with van der Waals surface area (Å²) in [4.78, 5) is 0. The minimum absolute atomic E-state index is 0.277. The fraction of sp³-hybridized carbons (Fsp3) is 1.00. The van der Waals surface area contributed by atoms with Gasteiger partial charge in [-0.05, 0) is 12.3 Å². The third-order valence-corrected chi connectivity index (χ3v) is 2.29. The van der Waals surface area contributed by atoms with Crippen molar-refractivity contribution in [2.24, 2.45) is 5.92 Å². The van der Waals surface area contributed by atoms with E-state index < -0.39 is 0 Å². The van der Waals surface area contributed by atoms with Crippen LogP contribution >= 0.6 is 0 Å². The normalized spacial score (nSPS) is 39.0. The molecule has 2 heterocycles. The largest absolute Gasteiger partial charge is 0.372 e. The van der Waals surface area contributed by atoms with E-state index in [4.69, 9.17) is 4.74 Å². The molecule has 2 heteroatoms. The maximum Gasteiger partial charge on any atom is 0.0933 e. The Bertz CT molecular complexity index is 120. The van der Waals surface area contributed by atoms with Crippen molar-refractivity contribution in [2.75, 3.05) is 19.7 Å². The summed E-state index contributed by atoms with van der Waals surface area (Å²) < 4.78 is 5.63. The zero-order valence-electron chi connectivity index (χ0n) is 5.81. The highest BCUT2D eigenvalue weighted by molar-refractivity contribution is 4.98. The van der Waals surface area contributed by atoms with Gasteiger partial charge >= 0.3 is 0 Å². The van der Waals surface area contributed by atoms with Crippen molar-refractivity contribution >= 4 is 0 Å². The van der Waals surface area contributed by atoms with Crippen molar-refractivity contribution in [3.63, 3.8) is 0 Å². The summed E-state index contributed by atoms with van der Waals surface area (Å²) >= 11 is 0. The maximum atomic E-state index is 5.63. The molecule has 52 valence electrons. The first-order valence-corrected chi connectivity index (χ1v) is 3.65. The second-order valence-corrected chi connectivity index (χ2v) is 3.41. The van der Waals surface area contributed by atoms with Gasteiger partial charge in [-0.1, -0.05) is 6.92 Å². The van der Waals surface area contributed by atoms with Gasteiger partial charge in [0.25, 0.3) is 0 Å². The van der Waals surface area contributed by atoms with Crippen LogP contribution in [-0.4, -0.2) is 25.3 Å². The lowest BCUT2D eigenvalue weighted by Gasteiger charge is -2.38. The molecule has 2 rings (SSSR count). The molecule has 0 amide bonds. The lowest BCUT2D eigenvalue weighted by Crippen LogP contribution is -2.59. The molecule has 2 aliphatic rings. The molecule has 0 unspecified atom stereocenters. The van der Waals surface area contributed by atoms with E-state index in [2.05, 4.69) is 12.2 Å². The molecule has 0 saturated carbocycles. The van der Waals surface area contributed by atoms with Gasteiger partial charge in [0.15, 0.2) is 0 Å². The van der Waals surface area contributed by atoms with E-state index >= 15 is 0 Å². The summed E-state index contributed by atoms with van der Waals surface area (Å²) in [6, 6.07) is 0. The van der Waals surface area contributed by atoms with E-state index in [0.717, 1.165) is 25.6 Å². The van der Waals surface area contributed by atoms with Crippen molar-refractivity contribution in [3.8, 4) is 0 Å². The first-order chi connectivity index (χ1) is 4.31. The Morgan fingerprint density at radius 2 is 2.33 bits per heavy atom. The van der Waals surface area contributed by atoms with Crippen LogP contribution in [0.1, 0.15) is 13.3 Å². The molecule has 9 heavy (non-hydrogen) atoms.